The van der Waals surface area contributed by atoms with Gasteiger partial charge in [0.05, 0.1) is 5.69 Å². The molecular formula is C26H25BClN5O. The van der Waals surface area contributed by atoms with Gasteiger partial charge in [0.2, 0.25) is 5.91 Å². The average Bonchev–Trinajstić information content (AvgIpc) is 3.58. The highest BCUT2D eigenvalue weighted by Gasteiger charge is 2.44. The molecule has 1 aliphatic carbocycles. The number of nitrogens with zero attached hydrogens (tertiary/aromatic N) is 4. The van der Waals surface area contributed by atoms with Crippen molar-refractivity contribution >= 4 is 42.3 Å². The topological polar surface area (TPSA) is 62.5 Å². The number of halogens is 1. The molecule has 2 atom stereocenters. The molecule has 0 saturated heterocycles. The van der Waals surface area contributed by atoms with Gasteiger partial charge in [0, 0.05) is 48.9 Å². The van der Waals surface area contributed by atoms with Crippen LogP contribution in [0.3, 0.4) is 0 Å². The van der Waals surface area contributed by atoms with E-state index in [1.807, 2.05) is 60.5 Å². The summed E-state index contributed by atoms with van der Waals surface area (Å²) in [5.41, 5.74) is 3.89. The first-order chi connectivity index (χ1) is 16.5. The molecule has 170 valence electrons. The van der Waals surface area contributed by atoms with Crippen molar-refractivity contribution in [3.05, 3.63) is 77.4 Å². The third-order valence-corrected chi connectivity index (χ3v) is 6.67. The Morgan fingerprint density at radius 3 is 2.76 bits per heavy atom. The number of rotatable bonds is 8. The Morgan fingerprint density at radius 1 is 1.21 bits per heavy atom. The summed E-state index contributed by atoms with van der Waals surface area (Å²) in [7, 11) is 7.98. The number of anilines is 1. The summed E-state index contributed by atoms with van der Waals surface area (Å²) >= 11 is 6.40. The zero-order chi connectivity index (χ0) is 23.7. The average molecular weight is 470 g/mol. The lowest BCUT2D eigenvalue weighted by Crippen LogP contribution is -2.30. The number of benzene rings is 2. The van der Waals surface area contributed by atoms with Crippen molar-refractivity contribution in [2.24, 2.45) is 5.92 Å². The predicted molar refractivity (Wildman–Crippen MR) is 137 cm³/mol. The molecule has 0 bridgehead atoms. The van der Waals surface area contributed by atoms with Gasteiger partial charge >= 0.3 is 0 Å². The molecule has 1 saturated carbocycles. The number of carbonyl (C=O) groups is 1. The van der Waals surface area contributed by atoms with E-state index in [4.69, 9.17) is 19.4 Å². The van der Waals surface area contributed by atoms with Crippen LogP contribution < -0.4 is 10.8 Å². The molecule has 1 aliphatic rings. The Balaban J connectivity index is 1.22. The van der Waals surface area contributed by atoms with Crippen LogP contribution in [0.5, 0.6) is 0 Å². The number of hydrogen-bond donors (Lipinski definition) is 1. The minimum absolute atomic E-state index is 0.102. The molecule has 2 heterocycles. The Labute approximate surface area is 205 Å². The van der Waals surface area contributed by atoms with E-state index in [1.54, 1.807) is 10.7 Å². The lowest BCUT2D eigenvalue weighted by atomic mass is 10.0. The van der Waals surface area contributed by atoms with Crippen LogP contribution in [0.15, 0.2) is 66.9 Å². The summed E-state index contributed by atoms with van der Waals surface area (Å²) in [5, 5.41) is 8.41. The summed E-state index contributed by atoms with van der Waals surface area (Å²) in [6, 6.07) is 19.8. The molecule has 0 aliphatic heterocycles. The van der Waals surface area contributed by atoms with Crippen LogP contribution in [0.1, 0.15) is 24.3 Å². The van der Waals surface area contributed by atoms with Gasteiger partial charge in [0.25, 0.3) is 0 Å². The quantitative estimate of drug-likeness (QED) is 0.314. The minimum Gasteiger partial charge on any atom is -0.370 e. The van der Waals surface area contributed by atoms with Gasteiger partial charge in [-0.15, -0.1) is 0 Å². The second-order valence-electron chi connectivity index (χ2n) is 8.74. The van der Waals surface area contributed by atoms with Gasteiger partial charge in [-0.25, -0.2) is 4.98 Å². The third-order valence-electron chi connectivity index (χ3n) is 6.34. The summed E-state index contributed by atoms with van der Waals surface area (Å²) in [5.74, 6) is 1.45. The zero-order valence-electron chi connectivity index (χ0n) is 19.0. The van der Waals surface area contributed by atoms with Gasteiger partial charge in [0.1, 0.15) is 13.7 Å². The van der Waals surface area contributed by atoms with Crippen molar-refractivity contribution in [2.75, 3.05) is 25.5 Å². The molecule has 1 amide bonds. The first kappa shape index (κ1) is 22.5. The molecule has 2 radical (unpaired) electrons. The predicted octanol–water partition coefficient (Wildman–Crippen LogP) is 3.91. The Morgan fingerprint density at radius 2 is 1.97 bits per heavy atom. The highest BCUT2D eigenvalue weighted by atomic mass is 35.5. The molecule has 0 spiro atoms. The number of fused-ring (bicyclic) bond motifs is 1. The van der Waals surface area contributed by atoms with E-state index in [1.165, 1.54) is 5.56 Å². The standard InChI is InChI=1S/C26H25BClN5O/c1-32(26(34)20-14-19(20)17-8-3-2-4-9-17)13-7-12-29-24-15-23(18-10-5-6-11-22(18)28)31-25-21(27)16-30-33(24)25/h2-6,8-11,15-16,19-20,29H,7,12-14H2,1H3/t19-,20+/m0/s1. The highest BCUT2D eigenvalue weighted by Crippen LogP contribution is 2.48. The minimum atomic E-state index is 0.102. The second kappa shape index (κ2) is 9.51. The lowest BCUT2D eigenvalue weighted by molar-refractivity contribution is -0.131. The molecule has 1 fully saturated rings. The van der Waals surface area contributed by atoms with Gasteiger partial charge in [-0.2, -0.15) is 9.61 Å². The SMILES string of the molecule is [B]c1cnn2c(NCCCN(C)C(=O)[C@@H]3C[C@H]3c3ccccc3)cc(-c3ccccc3Cl)nc12. The van der Waals surface area contributed by atoms with E-state index in [-0.39, 0.29) is 11.8 Å². The summed E-state index contributed by atoms with van der Waals surface area (Å²) in [6.45, 7) is 1.35. The first-order valence-corrected chi connectivity index (χ1v) is 11.8. The van der Waals surface area contributed by atoms with Gasteiger partial charge in [-0.3, -0.25) is 4.79 Å². The normalized spacial score (nSPS) is 17.0. The smallest absolute Gasteiger partial charge is 0.226 e. The molecule has 5 rings (SSSR count). The number of hydrogen-bond acceptors (Lipinski definition) is 4. The Kier molecular flexibility index (Phi) is 6.29. The Bertz CT molecular complexity index is 1330. The molecule has 6 nitrogen and oxygen atoms in total. The summed E-state index contributed by atoms with van der Waals surface area (Å²) in [6.07, 6.45) is 3.33. The zero-order valence-corrected chi connectivity index (χ0v) is 19.7. The van der Waals surface area contributed by atoms with E-state index >= 15 is 0 Å². The maximum atomic E-state index is 12.8. The van der Waals surface area contributed by atoms with E-state index in [0.717, 1.165) is 29.9 Å². The lowest BCUT2D eigenvalue weighted by Gasteiger charge is -2.18. The molecule has 34 heavy (non-hydrogen) atoms. The fourth-order valence-corrected chi connectivity index (χ4v) is 4.61. The molecular weight excluding hydrogens is 445 g/mol. The largest absolute Gasteiger partial charge is 0.370 e. The number of carbonyl (C=O) groups excluding carboxylic acids is 1. The maximum absolute atomic E-state index is 12.8. The van der Waals surface area contributed by atoms with Crippen LogP contribution in [0.4, 0.5) is 5.82 Å². The van der Waals surface area contributed by atoms with E-state index in [2.05, 4.69) is 27.5 Å². The maximum Gasteiger partial charge on any atom is 0.226 e. The van der Waals surface area contributed by atoms with Crippen molar-refractivity contribution < 1.29 is 4.79 Å². The van der Waals surface area contributed by atoms with Crippen molar-refractivity contribution in [1.82, 2.24) is 19.5 Å². The van der Waals surface area contributed by atoms with Crippen LogP contribution in [0.25, 0.3) is 16.9 Å². The second-order valence-corrected chi connectivity index (χ2v) is 9.15. The van der Waals surface area contributed by atoms with Crippen LogP contribution in [0, 0.1) is 5.92 Å². The first-order valence-electron chi connectivity index (χ1n) is 11.5. The van der Waals surface area contributed by atoms with Gasteiger partial charge in [0.15, 0.2) is 5.65 Å². The molecule has 4 aromatic rings. The molecule has 1 N–H and O–H groups in total. The molecule has 2 aromatic carbocycles. The Hall–Kier alpha value is -3.32. The van der Waals surface area contributed by atoms with Crippen molar-refractivity contribution in [2.45, 2.75) is 18.8 Å². The monoisotopic (exact) mass is 469 g/mol. The highest BCUT2D eigenvalue weighted by molar-refractivity contribution is 6.36. The summed E-state index contributed by atoms with van der Waals surface area (Å²) < 4.78 is 1.69. The van der Waals surface area contributed by atoms with E-state index in [0.29, 0.717) is 35.1 Å². The molecule has 0 unspecified atom stereocenters. The summed E-state index contributed by atoms with van der Waals surface area (Å²) in [4.78, 5) is 19.3. The number of nitrogens with one attached hydrogen (secondary N) is 1. The van der Waals surface area contributed by atoms with Gasteiger partial charge in [-0.1, -0.05) is 60.1 Å². The number of amides is 1. The van der Waals surface area contributed by atoms with E-state index < -0.39 is 0 Å². The van der Waals surface area contributed by atoms with Gasteiger partial charge < -0.3 is 10.2 Å². The van der Waals surface area contributed by atoms with Gasteiger partial charge in [-0.05, 0) is 35.9 Å². The molecule has 2 aromatic heterocycles. The molecule has 8 heteroatoms. The van der Waals surface area contributed by atoms with Crippen LogP contribution in [-0.4, -0.2) is 53.4 Å². The third kappa shape index (κ3) is 4.53. The van der Waals surface area contributed by atoms with Crippen molar-refractivity contribution in [3.8, 4) is 11.3 Å². The van der Waals surface area contributed by atoms with Crippen LogP contribution in [0.2, 0.25) is 5.02 Å². The van der Waals surface area contributed by atoms with Crippen LogP contribution >= 0.6 is 11.6 Å². The fourth-order valence-electron chi connectivity index (χ4n) is 4.38. The number of aromatic nitrogens is 3. The van der Waals surface area contributed by atoms with Crippen LogP contribution in [-0.2, 0) is 4.79 Å². The van der Waals surface area contributed by atoms with Crippen molar-refractivity contribution in [1.29, 1.82) is 0 Å². The van der Waals surface area contributed by atoms with Crippen molar-refractivity contribution in [3.63, 3.8) is 0 Å². The van der Waals surface area contributed by atoms with E-state index in [9.17, 15) is 4.79 Å². The fraction of sp³-hybridized carbons (Fsp3) is 0.269.